The molecule has 1 fully saturated rings. The molecule has 10 heteroatoms. The molecule has 2 atom stereocenters. The monoisotopic (exact) mass is 641 g/mol. The Morgan fingerprint density at radius 2 is 1.51 bits per heavy atom. The normalized spacial score (nSPS) is 16.3. The maximum atomic E-state index is 12.9. The molecule has 0 bridgehead atoms. The maximum Gasteiger partial charge on any atom is 0.330 e. The van der Waals surface area contributed by atoms with Gasteiger partial charge in [0.25, 0.3) is 5.56 Å². The van der Waals surface area contributed by atoms with Gasteiger partial charge in [-0.3, -0.25) is 19.1 Å². The van der Waals surface area contributed by atoms with Gasteiger partial charge in [0.2, 0.25) is 5.91 Å². The van der Waals surface area contributed by atoms with Gasteiger partial charge in [-0.1, -0.05) is 68.4 Å². The van der Waals surface area contributed by atoms with Gasteiger partial charge in [-0.15, -0.1) is 0 Å². The number of nitrogens with one attached hydrogen (secondary N) is 2. The van der Waals surface area contributed by atoms with E-state index in [4.69, 9.17) is 18.9 Å². The Kier molecular flexibility index (Phi) is 11.0. The molecule has 0 aliphatic carbocycles. The van der Waals surface area contributed by atoms with Crippen LogP contribution < -0.4 is 26.0 Å². The highest BCUT2D eigenvalue weighted by molar-refractivity contribution is 5.75. The van der Waals surface area contributed by atoms with E-state index in [0.717, 1.165) is 34.6 Å². The number of aromatic nitrogens is 2. The first-order valence-corrected chi connectivity index (χ1v) is 16.0. The molecule has 0 spiro atoms. The number of hydrogen-bond donors (Lipinski definition) is 2. The number of aromatic amines is 1. The van der Waals surface area contributed by atoms with E-state index in [2.05, 4.69) is 10.3 Å². The summed E-state index contributed by atoms with van der Waals surface area (Å²) < 4.78 is 25.6. The highest BCUT2D eigenvalue weighted by atomic mass is 16.6. The number of methoxy groups -OCH3 is 2. The first kappa shape index (κ1) is 33.7. The lowest BCUT2D eigenvalue weighted by molar-refractivity contribution is -0.121. The average molecular weight is 642 g/mol. The molecule has 0 radical (unpaired) electrons. The van der Waals surface area contributed by atoms with Crippen LogP contribution in [0, 0.1) is 5.92 Å². The first-order chi connectivity index (χ1) is 22.7. The fourth-order valence-electron chi connectivity index (χ4n) is 5.88. The zero-order chi connectivity index (χ0) is 33.4. The molecule has 1 amide bonds. The fraction of sp³-hybridized carbons (Fsp3) is 0.378. The van der Waals surface area contributed by atoms with Crippen molar-refractivity contribution in [2.75, 3.05) is 20.8 Å². The van der Waals surface area contributed by atoms with Gasteiger partial charge in [-0.05, 0) is 66.1 Å². The molecule has 3 aromatic carbocycles. The zero-order valence-electron chi connectivity index (χ0n) is 27.4. The summed E-state index contributed by atoms with van der Waals surface area (Å²) in [5, 5.41) is 2.79. The predicted octanol–water partition coefficient (Wildman–Crippen LogP) is 5.29. The Labute approximate surface area is 274 Å². The van der Waals surface area contributed by atoms with Gasteiger partial charge in [0.05, 0.1) is 32.5 Å². The van der Waals surface area contributed by atoms with Crippen LogP contribution in [0.4, 0.5) is 0 Å². The summed E-state index contributed by atoms with van der Waals surface area (Å²) in [4.78, 5) is 40.1. The van der Waals surface area contributed by atoms with Crippen LogP contribution in [0.1, 0.15) is 68.0 Å². The Morgan fingerprint density at radius 1 is 0.915 bits per heavy atom. The van der Waals surface area contributed by atoms with Crippen LogP contribution in [0.15, 0.2) is 94.6 Å². The van der Waals surface area contributed by atoms with Crippen LogP contribution in [0.2, 0.25) is 0 Å². The highest BCUT2D eigenvalue weighted by Gasteiger charge is 2.40. The van der Waals surface area contributed by atoms with Gasteiger partial charge < -0.3 is 24.3 Å². The van der Waals surface area contributed by atoms with E-state index in [9.17, 15) is 14.4 Å². The molecule has 4 aromatic rings. The topological polar surface area (TPSA) is 121 Å². The van der Waals surface area contributed by atoms with Gasteiger partial charge in [0, 0.05) is 19.2 Å². The summed E-state index contributed by atoms with van der Waals surface area (Å²) >= 11 is 0. The number of ether oxygens (including phenoxy) is 4. The quantitative estimate of drug-likeness (QED) is 0.180. The van der Waals surface area contributed by atoms with Gasteiger partial charge in [0.15, 0.2) is 0 Å². The number of H-pyrrole nitrogens is 1. The van der Waals surface area contributed by atoms with Crippen LogP contribution >= 0.6 is 0 Å². The highest BCUT2D eigenvalue weighted by Crippen LogP contribution is 2.42. The molecule has 1 aromatic heterocycles. The zero-order valence-corrected chi connectivity index (χ0v) is 27.4. The van der Waals surface area contributed by atoms with Crippen molar-refractivity contribution < 1.29 is 23.7 Å². The molecule has 1 saturated heterocycles. The van der Waals surface area contributed by atoms with E-state index in [0.29, 0.717) is 25.2 Å². The number of benzene rings is 3. The molecule has 2 N–H and O–H groups in total. The van der Waals surface area contributed by atoms with Gasteiger partial charge >= 0.3 is 5.69 Å². The second kappa shape index (κ2) is 15.3. The summed E-state index contributed by atoms with van der Waals surface area (Å²) in [5.74, 6) is 1.72. The molecule has 0 unspecified atom stereocenters. The molecule has 0 saturated carbocycles. The predicted molar refractivity (Wildman–Crippen MR) is 179 cm³/mol. The summed E-state index contributed by atoms with van der Waals surface area (Å²) in [6.07, 6.45) is 2.86. The molecule has 10 nitrogen and oxygen atoms in total. The minimum atomic E-state index is -1.00. The average Bonchev–Trinajstić information content (AvgIpc) is 3.57. The van der Waals surface area contributed by atoms with E-state index < -0.39 is 23.1 Å². The third-order valence-electron chi connectivity index (χ3n) is 8.52. The SMILES string of the molecule is COc1ccc(C(OC[C@@H]2CC[C@H](n3cc(CNC(=O)CCC(C)C)c(=O)[nH]c3=O)O2)(c2ccccc2)c2ccc(OC)cc2)cc1. The van der Waals surface area contributed by atoms with Crippen molar-refractivity contribution in [3.63, 3.8) is 0 Å². The minimum absolute atomic E-state index is 0.0229. The summed E-state index contributed by atoms with van der Waals surface area (Å²) in [6.45, 7) is 4.34. The lowest BCUT2D eigenvalue weighted by Crippen LogP contribution is -2.37. The second-order valence-electron chi connectivity index (χ2n) is 12.1. The Balaban J connectivity index is 1.39. The van der Waals surface area contributed by atoms with Crippen LogP contribution in [-0.4, -0.2) is 42.4 Å². The standard InChI is InChI=1S/C37H43N3O7/c1-25(2)10-20-33(41)38-22-26-23-40(36(43)39-35(26)42)34-21-19-32(47-34)24-46-37(27-8-6-5-7-9-27,28-11-15-30(44-3)16-12-28)29-13-17-31(45-4)18-14-29/h5-9,11-18,23,25,32,34H,10,19-22,24H2,1-4H3,(H,38,41)(H,39,42,43)/t32-,34+/m0/s1. The molecular weight excluding hydrogens is 598 g/mol. The molecular formula is C37H43N3O7. The number of amides is 1. The molecule has 1 aliphatic rings. The van der Waals surface area contributed by atoms with Crippen molar-refractivity contribution in [1.82, 2.24) is 14.9 Å². The van der Waals surface area contributed by atoms with Crippen molar-refractivity contribution >= 4 is 5.91 Å². The van der Waals surface area contributed by atoms with E-state index >= 15 is 0 Å². The van der Waals surface area contributed by atoms with E-state index in [1.54, 1.807) is 14.2 Å². The summed E-state index contributed by atoms with van der Waals surface area (Å²) in [7, 11) is 3.27. The fourth-order valence-corrected chi connectivity index (χ4v) is 5.88. The smallest absolute Gasteiger partial charge is 0.330 e. The second-order valence-corrected chi connectivity index (χ2v) is 12.1. The van der Waals surface area contributed by atoms with Crippen LogP contribution in [0.5, 0.6) is 11.5 Å². The molecule has 1 aliphatic heterocycles. The molecule has 47 heavy (non-hydrogen) atoms. The Bertz CT molecular complexity index is 1680. The molecule has 2 heterocycles. The van der Waals surface area contributed by atoms with Gasteiger partial charge in [0.1, 0.15) is 23.3 Å². The van der Waals surface area contributed by atoms with Crippen LogP contribution in [0.3, 0.4) is 0 Å². The molecule has 5 rings (SSSR count). The van der Waals surface area contributed by atoms with Crippen molar-refractivity contribution in [2.45, 2.75) is 64.0 Å². The Morgan fingerprint density at radius 3 is 2.09 bits per heavy atom. The van der Waals surface area contributed by atoms with Crippen molar-refractivity contribution in [3.05, 3.63) is 128 Å². The minimum Gasteiger partial charge on any atom is -0.497 e. The first-order valence-electron chi connectivity index (χ1n) is 16.0. The molecule has 248 valence electrons. The number of nitrogens with zero attached hydrogens (tertiary/aromatic N) is 1. The van der Waals surface area contributed by atoms with Crippen molar-refractivity contribution in [3.8, 4) is 11.5 Å². The van der Waals surface area contributed by atoms with E-state index in [1.807, 2.05) is 92.7 Å². The number of carbonyl (C=O) groups excluding carboxylic acids is 1. The van der Waals surface area contributed by atoms with Crippen molar-refractivity contribution in [1.29, 1.82) is 0 Å². The maximum absolute atomic E-state index is 12.9. The number of rotatable bonds is 14. The Hall–Kier alpha value is -4.67. The lowest BCUT2D eigenvalue weighted by Gasteiger charge is -2.37. The largest absolute Gasteiger partial charge is 0.497 e. The van der Waals surface area contributed by atoms with Gasteiger partial charge in [-0.25, -0.2) is 4.79 Å². The van der Waals surface area contributed by atoms with Gasteiger partial charge in [-0.2, -0.15) is 0 Å². The number of hydrogen-bond acceptors (Lipinski definition) is 7. The van der Waals surface area contributed by atoms with E-state index in [-0.39, 0.29) is 30.7 Å². The number of carbonyl (C=O) groups is 1. The van der Waals surface area contributed by atoms with E-state index in [1.165, 1.54) is 10.8 Å². The van der Waals surface area contributed by atoms with Crippen molar-refractivity contribution in [2.24, 2.45) is 5.92 Å². The third kappa shape index (κ3) is 7.84. The summed E-state index contributed by atoms with van der Waals surface area (Å²) in [6, 6.07) is 25.6. The lowest BCUT2D eigenvalue weighted by atomic mass is 9.80. The van der Waals surface area contributed by atoms with Crippen LogP contribution in [-0.2, 0) is 26.4 Å². The third-order valence-corrected chi connectivity index (χ3v) is 8.52. The van der Waals surface area contributed by atoms with Crippen LogP contribution in [0.25, 0.3) is 0 Å². The summed E-state index contributed by atoms with van der Waals surface area (Å²) in [5.41, 5.74) is 0.931.